The fraction of sp³-hybridized carbons (Fsp3) is 0.389. The molecule has 0 saturated heterocycles. The first kappa shape index (κ1) is 37.7. The molecule has 4 rings (SSSR count). The molecule has 7 heteroatoms. The first-order valence-electron chi connectivity index (χ1n) is 15.4. The molecular formula is C36H52FN4OP. The molecule has 0 fully saturated rings. The Labute approximate surface area is 262 Å². The number of aliphatic hydroxyl groups is 1. The number of halogens is 1. The summed E-state index contributed by atoms with van der Waals surface area (Å²) in [6.45, 7) is 29.9. The Kier molecular flexibility index (Phi) is 16.7. The summed E-state index contributed by atoms with van der Waals surface area (Å²) in [6, 6.07) is 10.5. The third kappa shape index (κ3) is 9.84. The molecule has 43 heavy (non-hydrogen) atoms. The lowest BCUT2D eigenvalue weighted by molar-refractivity contribution is 0.299. The normalized spacial score (nSPS) is 11.4. The molecule has 1 aliphatic rings. The number of fused-ring (bicyclic) bond motifs is 1. The van der Waals surface area contributed by atoms with Gasteiger partial charge in [0, 0.05) is 22.4 Å². The van der Waals surface area contributed by atoms with Crippen LogP contribution in [0.2, 0.25) is 0 Å². The second-order valence-electron chi connectivity index (χ2n) is 9.55. The van der Waals surface area contributed by atoms with Crippen LogP contribution in [-0.4, -0.2) is 39.6 Å². The van der Waals surface area contributed by atoms with Crippen molar-refractivity contribution in [1.82, 2.24) is 14.9 Å². The summed E-state index contributed by atoms with van der Waals surface area (Å²) in [5, 5.41) is 10.6. The van der Waals surface area contributed by atoms with Crippen molar-refractivity contribution in [2.24, 2.45) is 0 Å². The second kappa shape index (κ2) is 19.0. The van der Waals surface area contributed by atoms with E-state index in [1.165, 1.54) is 38.5 Å². The van der Waals surface area contributed by atoms with Crippen LogP contribution in [0.4, 0.5) is 15.9 Å². The van der Waals surface area contributed by atoms with Gasteiger partial charge in [-0.15, -0.1) is 9.24 Å². The minimum atomic E-state index is -0.363. The molecule has 0 aliphatic carbocycles. The van der Waals surface area contributed by atoms with E-state index in [1.54, 1.807) is 17.9 Å². The number of hydrogen-bond donors (Lipinski definition) is 1. The van der Waals surface area contributed by atoms with Gasteiger partial charge in [0.25, 0.3) is 0 Å². The molecule has 1 unspecified atom stereocenters. The molecule has 5 nitrogen and oxygen atoms in total. The van der Waals surface area contributed by atoms with Crippen molar-refractivity contribution in [3.63, 3.8) is 0 Å². The molecule has 234 valence electrons. The second-order valence-corrected chi connectivity index (χ2v) is 10.2. The van der Waals surface area contributed by atoms with E-state index < -0.39 is 0 Å². The number of aromatic nitrogens is 2. The van der Waals surface area contributed by atoms with E-state index in [9.17, 15) is 9.50 Å². The summed E-state index contributed by atoms with van der Waals surface area (Å²) in [4.78, 5) is 13.5. The molecule has 0 bridgehead atoms. The molecule has 0 amide bonds. The SMILES string of the molecule is C=C(O)c1ccc(C)c(-c2nc(C)nc3c2C=CC(=C)N3c2c(F)cccc2P)c1.CC.CC.CCCCN(CC)CC. The molecule has 1 aliphatic heterocycles. The van der Waals surface area contributed by atoms with Crippen LogP contribution < -0.4 is 10.2 Å². The van der Waals surface area contributed by atoms with Crippen molar-refractivity contribution in [3.05, 3.63) is 89.7 Å². The van der Waals surface area contributed by atoms with Gasteiger partial charge in [0.15, 0.2) is 0 Å². The summed E-state index contributed by atoms with van der Waals surface area (Å²) in [7, 11) is 2.57. The maximum Gasteiger partial charge on any atom is 0.149 e. The molecule has 3 aromatic rings. The van der Waals surface area contributed by atoms with E-state index in [1.807, 2.05) is 71.0 Å². The zero-order valence-electron chi connectivity index (χ0n) is 27.8. The number of rotatable bonds is 8. The number of para-hydroxylation sites is 1. The van der Waals surface area contributed by atoms with Gasteiger partial charge in [-0.2, -0.15) is 0 Å². The number of aryl methyl sites for hydroxylation is 2. The van der Waals surface area contributed by atoms with Crippen molar-refractivity contribution in [2.45, 2.75) is 75.2 Å². The number of unbranched alkanes of at least 4 members (excludes halogenated alkanes) is 1. The lowest BCUT2D eigenvalue weighted by Gasteiger charge is -2.31. The van der Waals surface area contributed by atoms with Crippen LogP contribution in [0.1, 0.15) is 83.8 Å². The van der Waals surface area contributed by atoms with Gasteiger partial charge in [-0.05, 0) is 75.1 Å². The van der Waals surface area contributed by atoms with Gasteiger partial charge in [-0.1, -0.05) is 92.3 Å². The lowest BCUT2D eigenvalue weighted by atomic mass is 9.96. The molecule has 0 saturated carbocycles. The number of anilines is 2. The first-order valence-corrected chi connectivity index (χ1v) is 16.0. The summed E-state index contributed by atoms with van der Waals surface area (Å²) < 4.78 is 14.8. The van der Waals surface area contributed by atoms with Crippen molar-refractivity contribution in [2.75, 3.05) is 24.5 Å². The maximum atomic E-state index is 14.8. The van der Waals surface area contributed by atoms with E-state index in [4.69, 9.17) is 0 Å². The van der Waals surface area contributed by atoms with Crippen LogP contribution in [-0.2, 0) is 0 Å². The van der Waals surface area contributed by atoms with E-state index in [0.717, 1.165) is 16.7 Å². The van der Waals surface area contributed by atoms with Gasteiger partial charge in [-0.25, -0.2) is 14.4 Å². The minimum Gasteiger partial charge on any atom is -0.508 e. The minimum absolute atomic E-state index is 0.0135. The topological polar surface area (TPSA) is 52.5 Å². The highest BCUT2D eigenvalue weighted by Gasteiger charge is 2.27. The van der Waals surface area contributed by atoms with Gasteiger partial charge in [0.2, 0.25) is 0 Å². The summed E-state index contributed by atoms with van der Waals surface area (Å²) >= 11 is 0. The summed E-state index contributed by atoms with van der Waals surface area (Å²) in [5.41, 5.74) is 4.90. The lowest BCUT2D eigenvalue weighted by Crippen LogP contribution is -2.25. The highest BCUT2D eigenvalue weighted by Crippen LogP contribution is 2.41. The average molecular weight is 607 g/mol. The zero-order valence-corrected chi connectivity index (χ0v) is 28.9. The third-order valence-electron chi connectivity index (χ3n) is 6.77. The smallest absolute Gasteiger partial charge is 0.149 e. The molecule has 1 aromatic heterocycles. The Balaban J connectivity index is 0.000000607. The van der Waals surface area contributed by atoms with Crippen LogP contribution >= 0.6 is 9.24 Å². The molecule has 2 heterocycles. The average Bonchev–Trinajstić information content (AvgIpc) is 3.01. The number of benzene rings is 2. The predicted octanol–water partition coefficient (Wildman–Crippen LogP) is 9.79. The van der Waals surface area contributed by atoms with Crippen LogP contribution in [0.25, 0.3) is 23.1 Å². The number of allylic oxidation sites excluding steroid dienone is 1. The van der Waals surface area contributed by atoms with Crippen LogP contribution in [0.3, 0.4) is 0 Å². The number of aliphatic hydroxyl groups excluding tert-OH is 1. The quantitative estimate of drug-likeness (QED) is 0.204. The molecule has 2 aromatic carbocycles. The predicted molar refractivity (Wildman–Crippen MR) is 190 cm³/mol. The Morgan fingerprint density at radius 2 is 1.65 bits per heavy atom. The van der Waals surface area contributed by atoms with E-state index in [-0.39, 0.29) is 11.6 Å². The summed E-state index contributed by atoms with van der Waals surface area (Å²) in [5.74, 6) is 0.732. The van der Waals surface area contributed by atoms with Gasteiger partial charge in [-0.3, -0.25) is 4.90 Å². The van der Waals surface area contributed by atoms with Crippen molar-refractivity contribution < 1.29 is 9.50 Å². The molecular weight excluding hydrogens is 554 g/mol. The molecule has 1 atom stereocenters. The number of hydrogen-bond acceptors (Lipinski definition) is 5. The van der Waals surface area contributed by atoms with Crippen LogP contribution in [0.15, 0.2) is 61.3 Å². The molecule has 0 spiro atoms. The zero-order chi connectivity index (χ0) is 32.7. The van der Waals surface area contributed by atoms with Gasteiger partial charge >= 0.3 is 0 Å². The standard InChI is InChI=1S/C24H21FN3OP.C8H19N.2C2H6/c1-13-8-10-17(15(3)29)12-19(13)22-18-11-9-14(2)28(24(18)27-16(4)26-22)23-20(25)6-5-7-21(23)30;1-4-7-8-9(5-2)6-3;2*1-2/h5-12,29H,2-3,30H2,1,4H3;4-8H2,1-3H3;2*1-2H3. The highest BCUT2D eigenvalue weighted by molar-refractivity contribution is 7.28. The molecule has 1 N–H and O–H groups in total. The monoisotopic (exact) mass is 606 g/mol. The fourth-order valence-electron chi connectivity index (χ4n) is 4.48. The highest BCUT2D eigenvalue weighted by atomic mass is 31.0. The molecule has 0 radical (unpaired) electrons. The largest absolute Gasteiger partial charge is 0.508 e. The third-order valence-corrected chi connectivity index (χ3v) is 7.23. The van der Waals surface area contributed by atoms with E-state index in [0.29, 0.717) is 39.6 Å². The number of nitrogens with zero attached hydrogens (tertiary/aromatic N) is 4. The van der Waals surface area contributed by atoms with Gasteiger partial charge < -0.3 is 10.0 Å². The Bertz CT molecular complexity index is 1360. The Hall–Kier alpha value is -3.34. The maximum absolute atomic E-state index is 14.8. The Morgan fingerprint density at radius 1 is 1.00 bits per heavy atom. The van der Waals surface area contributed by atoms with Crippen molar-refractivity contribution in [3.8, 4) is 11.3 Å². The van der Waals surface area contributed by atoms with Crippen LogP contribution in [0, 0.1) is 19.7 Å². The van der Waals surface area contributed by atoms with Gasteiger partial charge in [0.1, 0.15) is 23.2 Å². The fourth-order valence-corrected chi connectivity index (χ4v) is 4.86. The van der Waals surface area contributed by atoms with E-state index in [2.05, 4.69) is 58.0 Å². The summed E-state index contributed by atoms with van der Waals surface area (Å²) in [6.07, 6.45) is 6.38. The van der Waals surface area contributed by atoms with Crippen LogP contribution in [0.5, 0.6) is 0 Å². The first-order chi connectivity index (χ1) is 20.6. The van der Waals surface area contributed by atoms with E-state index >= 15 is 0 Å². The Morgan fingerprint density at radius 3 is 2.21 bits per heavy atom. The van der Waals surface area contributed by atoms with Gasteiger partial charge in [0.05, 0.1) is 11.4 Å². The van der Waals surface area contributed by atoms with Crippen molar-refractivity contribution >= 4 is 37.9 Å². The van der Waals surface area contributed by atoms with Crippen molar-refractivity contribution in [1.29, 1.82) is 0 Å².